The quantitative estimate of drug-likeness (QED) is 0.411. The molecule has 0 radical (unpaired) electrons. The lowest BCUT2D eigenvalue weighted by Gasteiger charge is -2.13. The van der Waals surface area contributed by atoms with E-state index in [0.717, 1.165) is 55.9 Å². The second-order valence-corrected chi connectivity index (χ2v) is 7.71. The molecule has 0 amide bonds. The molecule has 0 aliphatic carbocycles. The molecule has 0 N–H and O–H groups in total. The van der Waals surface area contributed by atoms with Crippen LogP contribution in [0.3, 0.4) is 0 Å². The minimum absolute atomic E-state index is 0.716. The summed E-state index contributed by atoms with van der Waals surface area (Å²) in [4.78, 5) is 4.84. The first-order valence-electron chi connectivity index (χ1n) is 10.1. The highest BCUT2D eigenvalue weighted by Gasteiger charge is 2.18. The van der Waals surface area contributed by atoms with Gasteiger partial charge in [-0.25, -0.2) is 4.98 Å². The maximum Gasteiger partial charge on any atom is 0.162 e. The first-order valence-corrected chi connectivity index (χ1v) is 10.1. The molecule has 0 spiro atoms. The van der Waals surface area contributed by atoms with E-state index >= 15 is 0 Å². The van der Waals surface area contributed by atoms with Crippen molar-refractivity contribution >= 4 is 21.9 Å². The molecule has 0 saturated carbocycles. The SMILES string of the molecule is COc1cc(C)c(-c2ccc3c(-c4nc5ccccc5n4C)nn(C)c3c2)cc1OC. The maximum atomic E-state index is 5.51. The number of hydrogen-bond donors (Lipinski definition) is 0. The van der Waals surface area contributed by atoms with Crippen molar-refractivity contribution in [3.8, 4) is 34.1 Å². The summed E-state index contributed by atoms with van der Waals surface area (Å²) in [6.45, 7) is 2.08. The fourth-order valence-electron chi connectivity index (χ4n) is 4.24. The molecule has 156 valence electrons. The van der Waals surface area contributed by atoms with Crippen LogP contribution in [-0.4, -0.2) is 33.6 Å². The van der Waals surface area contributed by atoms with Gasteiger partial charge in [0.1, 0.15) is 5.69 Å². The molecule has 5 aromatic rings. The van der Waals surface area contributed by atoms with Crippen LogP contribution in [0.4, 0.5) is 0 Å². The highest BCUT2D eigenvalue weighted by atomic mass is 16.5. The van der Waals surface area contributed by atoms with Gasteiger partial charge in [-0.1, -0.05) is 18.2 Å². The van der Waals surface area contributed by atoms with Crippen LogP contribution < -0.4 is 9.47 Å². The molecular weight excluding hydrogens is 388 g/mol. The van der Waals surface area contributed by atoms with Gasteiger partial charge in [-0.3, -0.25) is 4.68 Å². The fourth-order valence-corrected chi connectivity index (χ4v) is 4.24. The van der Waals surface area contributed by atoms with Crippen LogP contribution in [0, 0.1) is 6.92 Å². The van der Waals surface area contributed by atoms with Gasteiger partial charge >= 0.3 is 0 Å². The Morgan fingerprint density at radius 3 is 2.32 bits per heavy atom. The van der Waals surface area contributed by atoms with Crippen molar-refractivity contribution in [2.45, 2.75) is 6.92 Å². The van der Waals surface area contributed by atoms with Crippen molar-refractivity contribution in [1.29, 1.82) is 0 Å². The molecule has 5 rings (SSSR count). The summed E-state index contributed by atoms with van der Waals surface area (Å²) in [5, 5.41) is 5.90. The molecule has 31 heavy (non-hydrogen) atoms. The second kappa shape index (κ2) is 7.16. The number of aryl methyl sites for hydroxylation is 3. The Bertz CT molecular complexity index is 1450. The van der Waals surface area contributed by atoms with Crippen LogP contribution in [0.25, 0.3) is 44.6 Å². The van der Waals surface area contributed by atoms with Crippen molar-refractivity contribution in [2.75, 3.05) is 14.2 Å². The second-order valence-electron chi connectivity index (χ2n) is 7.71. The molecule has 6 nitrogen and oxygen atoms in total. The van der Waals surface area contributed by atoms with Crippen LogP contribution >= 0.6 is 0 Å². The van der Waals surface area contributed by atoms with Crippen LogP contribution in [-0.2, 0) is 14.1 Å². The molecular formula is C25H24N4O2. The van der Waals surface area contributed by atoms with E-state index in [-0.39, 0.29) is 0 Å². The number of rotatable bonds is 4. The van der Waals surface area contributed by atoms with Gasteiger partial charge in [0.2, 0.25) is 0 Å². The van der Waals surface area contributed by atoms with Crippen LogP contribution in [0.15, 0.2) is 54.6 Å². The Labute approximate surface area is 180 Å². The summed E-state index contributed by atoms with van der Waals surface area (Å²) in [5.41, 5.74) is 7.32. The van der Waals surface area contributed by atoms with Crippen molar-refractivity contribution in [1.82, 2.24) is 19.3 Å². The molecule has 0 saturated heterocycles. The lowest BCUT2D eigenvalue weighted by Crippen LogP contribution is -1.95. The molecule has 0 unspecified atom stereocenters. The first-order chi connectivity index (χ1) is 15.0. The van der Waals surface area contributed by atoms with Gasteiger partial charge < -0.3 is 14.0 Å². The predicted octanol–water partition coefficient (Wildman–Crippen LogP) is 5.12. The third kappa shape index (κ3) is 2.94. The largest absolute Gasteiger partial charge is 0.493 e. The van der Waals surface area contributed by atoms with E-state index in [9.17, 15) is 0 Å². The van der Waals surface area contributed by atoms with Gasteiger partial charge in [0, 0.05) is 19.5 Å². The number of hydrogen-bond acceptors (Lipinski definition) is 4. The average molecular weight is 412 g/mol. The van der Waals surface area contributed by atoms with Gasteiger partial charge in [0.25, 0.3) is 0 Å². The Morgan fingerprint density at radius 1 is 0.839 bits per heavy atom. The van der Waals surface area contributed by atoms with Crippen molar-refractivity contribution in [3.05, 3.63) is 60.2 Å². The summed E-state index contributed by atoms with van der Waals surface area (Å²) < 4.78 is 15.0. The van der Waals surface area contributed by atoms with Crippen LogP contribution in [0.1, 0.15) is 5.56 Å². The lowest BCUT2D eigenvalue weighted by atomic mass is 9.98. The third-order valence-corrected chi connectivity index (χ3v) is 5.89. The highest BCUT2D eigenvalue weighted by molar-refractivity contribution is 5.96. The molecule has 2 heterocycles. The van der Waals surface area contributed by atoms with E-state index in [0.29, 0.717) is 5.75 Å². The van der Waals surface area contributed by atoms with Gasteiger partial charge in [-0.05, 0) is 60.0 Å². The molecule has 3 aromatic carbocycles. The van der Waals surface area contributed by atoms with E-state index in [2.05, 4.69) is 35.8 Å². The maximum absolute atomic E-state index is 5.51. The average Bonchev–Trinajstić information content (AvgIpc) is 3.30. The Kier molecular flexibility index (Phi) is 4.43. The third-order valence-electron chi connectivity index (χ3n) is 5.89. The van der Waals surface area contributed by atoms with Gasteiger partial charge in [-0.15, -0.1) is 0 Å². The molecule has 2 aromatic heterocycles. The van der Waals surface area contributed by atoms with E-state index in [1.54, 1.807) is 14.2 Å². The fraction of sp³-hybridized carbons (Fsp3) is 0.200. The highest BCUT2D eigenvalue weighted by Crippen LogP contribution is 2.37. The zero-order valence-corrected chi connectivity index (χ0v) is 18.3. The van der Waals surface area contributed by atoms with E-state index in [4.69, 9.17) is 19.6 Å². The number of methoxy groups -OCH3 is 2. The Balaban J connectivity index is 1.68. The number of fused-ring (bicyclic) bond motifs is 2. The number of benzene rings is 3. The smallest absolute Gasteiger partial charge is 0.162 e. The zero-order valence-electron chi connectivity index (χ0n) is 18.3. The van der Waals surface area contributed by atoms with Crippen molar-refractivity contribution in [2.24, 2.45) is 14.1 Å². The zero-order chi connectivity index (χ0) is 21.7. The Morgan fingerprint density at radius 2 is 1.58 bits per heavy atom. The predicted molar refractivity (Wildman–Crippen MR) is 124 cm³/mol. The first kappa shape index (κ1) is 19.2. The van der Waals surface area contributed by atoms with Crippen LogP contribution in [0.2, 0.25) is 0 Å². The number of ether oxygens (including phenoxy) is 2. The summed E-state index contributed by atoms with van der Waals surface area (Å²) in [7, 11) is 7.32. The number of aromatic nitrogens is 4. The van der Waals surface area contributed by atoms with Gasteiger partial charge in [0.05, 0.1) is 30.8 Å². The summed E-state index contributed by atoms with van der Waals surface area (Å²) in [6, 6.07) is 18.6. The number of para-hydroxylation sites is 2. The summed E-state index contributed by atoms with van der Waals surface area (Å²) in [6.07, 6.45) is 0. The van der Waals surface area contributed by atoms with Gasteiger partial charge in [0.15, 0.2) is 17.3 Å². The van der Waals surface area contributed by atoms with Crippen LogP contribution in [0.5, 0.6) is 11.5 Å². The van der Waals surface area contributed by atoms with Crippen molar-refractivity contribution in [3.63, 3.8) is 0 Å². The number of imidazole rings is 1. The van der Waals surface area contributed by atoms with Crippen molar-refractivity contribution < 1.29 is 9.47 Å². The molecule has 0 aliphatic rings. The van der Waals surface area contributed by atoms with E-state index < -0.39 is 0 Å². The molecule has 6 heteroatoms. The molecule has 0 fully saturated rings. The minimum atomic E-state index is 0.716. The molecule has 0 atom stereocenters. The summed E-state index contributed by atoms with van der Waals surface area (Å²) >= 11 is 0. The minimum Gasteiger partial charge on any atom is -0.493 e. The monoisotopic (exact) mass is 412 g/mol. The Hall–Kier alpha value is -3.80. The number of nitrogens with zero attached hydrogens (tertiary/aromatic N) is 4. The van der Waals surface area contributed by atoms with E-state index in [1.807, 2.05) is 49.1 Å². The topological polar surface area (TPSA) is 54.1 Å². The van der Waals surface area contributed by atoms with E-state index in [1.165, 1.54) is 0 Å². The summed E-state index contributed by atoms with van der Waals surface area (Å²) in [5.74, 6) is 2.31. The van der Waals surface area contributed by atoms with Gasteiger partial charge in [-0.2, -0.15) is 5.10 Å². The standard InChI is InChI=1S/C25H24N4O2/c1-15-12-22(30-4)23(31-5)14-18(15)16-10-11-17-21(13-16)29(3)27-24(17)25-26-19-8-6-7-9-20(19)28(25)2/h6-14H,1-5H3. The normalized spacial score (nSPS) is 11.4. The molecule has 0 aliphatic heterocycles. The lowest BCUT2D eigenvalue weighted by molar-refractivity contribution is 0.355. The molecule has 0 bridgehead atoms.